The van der Waals surface area contributed by atoms with E-state index >= 15 is 0 Å². The number of nitrogens with one attached hydrogen (secondary N) is 1. The Kier molecular flexibility index (Phi) is 4.70. The molecule has 0 saturated heterocycles. The van der Waals surface area contributed by atoms with Crippen molar-refractivity contribution in [3.63, 3.8) is 0 Å². The van der Waals surface area contributed by atoms with Crippen molar-refractivity contribution in [2.24, 2.45) is 0 Å². The van der Waals surface area contributed by atoms with Crippen LogP contribution < -0.4 is 4.72 Å². The third-order valence-electron chi connectivity index (χ3n) is 2.77. The van der Waals surface area contributed by atoms with Crippen molar-refractivity contribution in [1.29, 1.82) is 0 Å². The summed E-state index contributed by atoms with van der Waals surface area (Å²) in [7, 11) is -4.14. The number of sulfonamides is 1. The number of nitrogens with zero attached hydrogens (tertiary/aromatic N) is 1. The molecule has 1 unspecified atom stereocenters. The van der Waals surface area contributed by atoms with Gasteiger partial charge in [0.25, 0.3) is 0 Å². The van der Waals surface area contributed by atoms with Gasteiger partial charge in [-0.2, -0.15) is 0 Å². The number of hydrogen-bond acceptors (Lipinski definition) is 3. The van der Waals surface area contributed by atoms with Crippen LogP contribution in [-0.2, 0) is 10.0 Å². The molecule has 1 aromatic heterocycles. The molecular formula is C13H11BrF2N2O2S. The summed E-state index contributed by atoms with van der Waals surface area (Å²) in [5, 5.41) is 0. The van der Waals surface area contributed by atoms with Crippen molar-refractivity contribution in [3.8, 4) is 0 Å². The summed E-state index contributed by atoms with van der Waals surface area (Å²) in [6.45, 7) is 1.61. The molecule has 0 aliphatic rings. The zero-order valence-corrected chi connectivity index (χ0v) is 13.2. The molecular weight excluding hydrogens is 366 g/mol. The van der Waals surface area contributed by atoms with Crippen molar-refractivity contribution >= 4 is 26.0 Å². The predicted molar refractivity (Wildman–Crippen MR) is 77.0 cm³/mol. The van der Waals surface area contributed by atoms with Crippen molar-refractivity contribution in [3.05, 3.63) is 58.3 Å². The molecule has 1 atom stereocenters. The number of aromatic nitrogens is 1. The van der Waals surface area contributed by atoms with E-state index in [1.165, 1.54) is 12.4 Å². The second kappa shape index (κ2) is 6.17. The van der Waals surface area contributed by atoms with E-state index in [4.69, 9.17) is 0 Å². The van der Waals surface area contributed by atoms with Crippen LogP contribution in [0.3, 0.4) is 0 Å². The number of hydrogen-bond donors (Lipinski definition) is 1. The Balaban J connectivity index is 2.36. The Bertz CT molecular complexity index is 731. The minimum absolute atomic E-state index is 0.172. The Labute approximate surface area is 129 Å². The third-order valence-corrected chi connectivity index (χ3v) is 5.27. The van der Waals surface area contributed by atoms with Gasteiger partial charge in [-0.05, 0) is 46.6 Å². The van der Waals surface area contributed by atoms with Gasteiger partial charge >= 0.3 is 0 Å². The molecule has 0 spiro atoms. The van der Waals surface area contributed by atoms with Gasteiger partial charge in [-0.3, -0.25) is 4.98 Å². The first kappa shape index (κ1) is 16.0. The summed E-state index contributed by atoms with van der Waals surface area (Å²) in [5.74, 6) is -2.02. The highest BCUT2D eigenvalue weighted by molar-refractivity contribution is 9.10. The monoisotopic (exact) mass is 376 g/mol. The normalized spacial score (nSPS) is 13.1. The average Bonchev–Trinajstić information content (AvgIpc) is 2.37. The van der Waals surface area contributed by atoms with E-state index in [-0.39, 0.29) is 4.47 Å². The van der Waals surface area contributed by atoms with Crippen molar-refractivity contribution in [2.45, 2.75) is 17.9 Å². The summed E-state index contributed by atoms with van der Waals surface area (Å²) in [4.78, 5) is 3.21. The lowest BCUT2D eigenvalue weighted by molar-refractivity contribution is 0.534. The lowest BCUT2D eigenvalue weighted by atomic mass is 10.1. The number of rotatable bonds is 4. The predicted octanol–water partition coefficient (Wildman–Crippen LogP) is 3.16. The fourth-order valence-electron chi connectivity index (χ4n) is 1.80. The van der Waals surface area contributed by atoms with E-state index in [0.29, 0.717) is 11.6 Å². The van der Waals surface area contributed by atoms with Gasteiger partial charge in [0.15, 0.2) is 0 Å². The number of benzene rings is 1. The summed E-state index contributed by atoms with van der Waals surface area (Å²) in [6.07, 6.45) is 3.04. The molecule has 1 N–H and O–H groups in total. The van der Waals surface area contributed by atoms with Crippen LogP contribution in [0.4, 0.5) is 8.78 Å². The molecule has 2 rings (SSSR count). The van der Waals surface area contributed by atoms with E-state index in [1.54, 1.807) is 19.1 Å². The zero-order chi connectivity index (χ0) is 15.6. The van der Waals surface area contributed by atoms with E-state index in [0.717, 1.165) is 6.07 Å². The molecule has 0 fully saturated rings. The van der Waals surface area contributed by atoms with Crippen LogP contribution in [-0.4, -0.2) is 13.4 Å². The van der Waals surface area contributed by atoms with Crippen molar-refractivity contribution in [2.75, 3.05) is 0 Å². The lowest BCUT2D eigenvalue weighted by Crippen LogP contribution is -2.28. The van der Waals surface area contributed by atoms with Gasteiger partial charge in [-0.15, -0.1) is 0 Å². The molecule has 0 saturated carbocycles. The molecule has 21 heavy (non-hydrogen) atoms. The largest absolute Gasteiger partial charge is 0.265 e. The van der Waals surface area contributed by atoms with Gasteiger partial charge in [0.05, 0.1) is 0 Å². The zero-order valence-electron chi connectivity index (χ0n) is 10.8. The van der Waals surface area contributed by atoms with Crippen molar-refractivity contribution < 1.29 is 17.2 Å². The second-order valence-electron chi connectivity index (χ2n) is 4.32. The fourth-order valence-corrected chi connectivity index (χ4v) is 4.20. The van der Waals surface area contributed by atoms with Gasteiger partial charge < -0.3 is 0 Å². The number of halogens is 3. The first-order chi connectivity index (χ1) is 9.81. The molecule has 0 aliphatic heterocycles. The maximum absolute atomic E-state index is 13.8. The van der Waals surface area contributed by atoms with Gasteiger partial charge in [0.2, 0.25) is 10.0 Å². The minimum atomic E-state index is -4.14. The second-order valence-corrected chi connectivity index (χ2v) is 6.83. The minimum Gasteiger partial charge on any atom is -0.265 e. The SMILES string of the molecule is CC(NS(=O)(=O)c1c(F)cc(F)cc1Br)c1ccncc1. The van der Waals surface area contributed by atoms with E-state index in [9.17, 15) is 17.2 Å². The molecule has 0 aliphatic carbocycles. The first-order valence-corrected chi connectivity index (χ1v) is 8.15. The van der Waals surface area contributed by atoms with Crippen LogP contribution in [0.25, 0.3) is 0 Å². The van der Waals surface area contributed by atoms with E-state index < -0.39 is 32.6 Å². The van der Waals surface area contributed by atoms with Crippen LogP contribution >= 0.6 is 15.9 Å². The maximum Gasteiger partial charge on any atom is 0.245 e. The van der Waals surface area contributed by atoms with Gasteiger partial charge in [0, 0.05) is 29.0 Å². The van der Waals surface area contributed by atoms with Gasteiger partial charge in [0.1, 0.15) is 16.5 Å². The smallest absolute Gasteiger partial charge is 0.245 e. The highest BCUT2D eigenvalue weighted by Gasteiger charge is 2.25. The number of pyridine rings is 1. The Morgan fingerprint density at radius 1 is 1.24 bits per heavy atom. The van der Waals surface area contributed by atoms with Crippen LogP contribution in [0.2, 0.25) is 0 Å². The summed E-state index contributed by atoms with van der Waals surface area (Å²) in [5.41, 5.74) is 0.673. The third kappa shape index (κ3) is 3.63. The van der Waals surface area contributed by atoms with Crippen LogP contribution in [0, 0.1) is 11.6 Å². The van der Waals surface area contributed by atoms with Gasteiger partial charge in [-0.1, -0.05) is 0 Å². The quantitative estimate of drug-likeness (QED) is 0.891. The molecule has 1 heterocycles. The molecule has 112 valence electrons. The van der Waals surface area contributed by atoms with E-state index in [2.05, 4.69) is 25.6 Å². The lowest BCUT2D eigenvalue weighted by Gasteiger charge is -2.15. The topological polar surface area (TPSA) is 59.1 Å². The highest BCUT2D eigenvalue weighted by Crippen LogP contribution is 2.27. The Morgan fingerprint density at radius 3 is 2.43 bits per heavy atom. The molecule has 0 radical (unpaired) electrons. The molecule has 2 aromatic rings. The standard InChI is InChI=1S/C13H11BrF2N2O2S/c1-8(9-2-4-17-5-3-9)18-21(19,20)13-11(14)6-10(15)7-12(13)16/h2-8,18H,1H3. The molecule has 0 amide bonds. The molecule has 8 heteroatoms. The summed E-state index contributed by atoms with van der Waals surface area (Å²) < 4.78 is 53.5. The molecule has 4 nitrogen and oxygen atoms in total. The summed E-state index contributed by atoms with van der Waals surface area (Å²) >= 11 is 2.87. The molecule has 1 aromatic carbocycles. The summed E-state index contributed by atoms with van der Waals surface area (Å²) in [6, 6.07) is 4.12. The van der Waals surface area contributed by atoms with Crippen molar-refractivity contribution in [1.82, 2.24) is 9.71 Å². The fraction of sp³-hybridized carbons (Fsp3) is 0.154. The Morgan fingerprint density at radius 2 is 1.86 bits per heavy atom. The van der Waals surface area contributed by atoms with Gasteiger partial charge in [-0.25, -0.2) is 21.9 Å². The van der Waals surface area contributed by atoms with Crippen LogP contribution in [0.5, 0.6) is 0 Å². The Hall–Kier alpha value is -1.38. The van der Waals surface area contributed by atoms with Crippen LogP contribution in [0.15, 0.2) is 46.0 Å². The average molecular weight is 377 g/mol. The molecule has 0 bridgehead atoms. The maximum atomic E-state index is 13.8. The van der Waals surface area contributed by atoms with Crippen LogP contribution in [0.1, 0.15) is 18.5 Å². The van der Waals surface area contributed by atoms with E-state index in [1.807, 2.05) is 0 Å². The first-order valence-electron chi connectivity index (χ1n) is 5.88. The highest BCUT2D eigenvalue weighted by atomic mass is 79.9.